The van der Waals surface area contributed by atoms with Crippen molar-refractivity contribution < 1.29 is 29.2 Å². The van der Waals surface area contributed by atoms with E-state index in [0.717, 1.165) is 0 Å². The third kappa shape index (κ3) is 4.11. The molecule has 36 heavy (non-hydrogen) atoms. The van der Waals surface area contributed by atoms with E-state index >= 15 is 0 Å². The molecule has 1 aromatic carbocycles. The van der Waals surface area contributed by atoms with Crippen LogP contribution in [0.2, 0.25) is 0 Å². The van der Waals surface area contributed by atoms with Crippen LogP contribution in [0, 0.1) is 24.0 Å². The number of amides is 1. The molecule has 4 rings (SSSR count). The van der Waals surface area contributed by atoms with Crippen molar-refractivity contribution in [1.29, 1.82) is 0 Å². The average molecular weight is 490 g/mol. The van der Waals surface area contributed by atoms with Crippen molar-refractivity contribution in [1.82, 2.24) is 14.9 Å². The third-order valence-corrected chi connectivity index (χ3v) is 6.10. The van der Waals surface area contributed by atoms with Crippen LogP contribution in [0.1, 0.15) is 44.5 Å². The van der Waals surface area contributed by atoms with Gasteiger partial charge in [-0.3, -0.25) is 24.7 Å². The number of non-ortho nitro benzene ring substituents is 1. The number of likely N-dealkylation sites (tertiary alicyclic amines) is 1. The minimum atomic E-state index is -1.04. The number of nitro groups is 1. The SMILES string of the molecule is COC(=O)c1[nH]c(C)c(C(O)=C2C(=O)C(=O)N(Cc3cccnc3)C2c2ccc([N+](=O)[O-])cc2)c1C. The van der Waals surface area contributed by atoms with Crippen LogP contribution >= 0.6 is 0 Å². The average Bonchev–Trinajstić information content (AvgIpc) is 3.31. The van der Waals surface area contributed by atoms with Crippen molar-refractivity contribution in [2.75, 3.05) is 7.11 Å². The second-order valence-electron chi connectivity index (χ2n) is 8.25. The van der Waals surface area contributed by atoms with E-state index in [2.05, 4.69) is 9.97 Å². The number of esters is 1. The Morgan fingerprint density at radius 3 is 2.50 bits per heavy atom. The predicted octanol–water partition coefficient (Wildman–Crippen LogP) is 3.34. The molecule has 0 spiro atoms. The van der Waals surface area contributed by atoms with E-state index in [9.17, 15) is 29.6 Å². The van der Waals surface area contributed by atoms with Crippen molar-refractivity contribution in [3.8, 4) is 0 Å². The summed E-state index contributed by atoms with van der Waals surface area (Å²) in [5.41, 5.74) is 1.72. The molecule has 1 atom stereocenters. The van der Waals surface area contributed by atoms with Crippen LogP contribution < -0.4 is 0 Å². The van der Waals surface area contributed by atoms with Crippen molar-refractivity contribution in [3.63, 3.8) is 0 Å². The fourth-order valence-electron chi connectivity index (χ4n) is 4.40. The number of carbonyl (C=O) groups is 3. The fourth-order valence-corrected chi connectivity index (χ4v) is 4.40. The molecule has 184 valence electrons. The number of aromatic amines is 1. The Kier molecular flexibility index (Phi) is 6.39. The number of nitro benzene ring substituents is 1. The molecule has 1 unspecified atom stereocenters. The molecule has 0 aliphatic carbocycles. The Morgan fingerprint density at radius 2 is 1.92 bits per heavy atom. The Hall–Kier alpha value is -4.80. The van der Waals surface area contributed by atoms with Crippen LogP contribution in [0.25, 0.3) is 5.76 Å². The first-order valence-corrected chi connectivity index (χ1v) is 10.8. The number of aromatic nitrogens is 2. The highest BCUT2D eigenvalue weighted by Gasteiger charge is 2.46. The monoisotopic (exact) mass is 490 g/mol. The lowest BCUT2D eigenvalue weighted by Crippen LogP contribution is -2.29. The number of nitrogens with one attached hydrogen (secondary N) is 1. The van der Waals surface area contributed by atoms with E-state index in [0.29, 0.717) is 22.4 Å². The number of nitrogens with zero attached hydrogens (tertiary/aromatic N) is 3. The molecular weight excluding hydrogens is 468 g/mol. The van der Waals surface area contributed by atoms with Gasteiger partial charge in [-0.05, 0) is 48.7 Å². The van der Waals surface area contributed by atoms with E-state index < -0.39 is 34.4 Å². The van der Waals surface area contributed by atoms with Crippen molar-refractivity contribution in [2.45, 2.75) is 26.4 Å². The molecule has 3 aromatic rings. The van der Waals surface area contributed by atoms with Gasteiger partial charge in [0, 0.05) is 42.3 Å². The zero-order valence-electron chi connectivity index (χ0n) is 19.6. The molecule has 11 nitrogen and oxygen atoms in total. The lowest BCUT2D eigenvalue weighted by molar-refractivity contribution is -0.384. The van der Waals surface area contributed by atoms with E-state index in [1.807, 2.05) is 0 Å². The quantitative estimate of drug-likeness (QED) is 0.133. The Morgan fingerprint density at radius 1 is 1.22 bits per heavy atom. The number of aryl methyl sites for hydroxylation is 1. The number of H-pyrrole nitrogens is 1. The summed E-state index contributed by atoms with van der Waals surface area (Å²) >= 11 is 0. The maximum atomic E-state index is 13.3. The van der Waals surface area contributed by atoms with Gasteiger partial charge in [0.15, 0.2) is 0 Å². The summed E-state index contributed by atoms with van der Waals surface area (Å²) in [5, 5.41) is 22.5. The highest BCUT2D eigenvalue weighted by Crippen LogP contribution is 2.42. The number of ketones is 1. The number of carbonyl (C=O) groups excluding carboxylic acids is 3. The summed E-state index contributed by atoms with van der Waals surface area (Å²) < 4.78 is 4.78. The zero-order valence-corrected chi connectivity index (χ0v) is 19.6. The van der Waals surface area contributed by atoms with Crippen molar-refractivity contribution >= 4 is 29.1 Å². The van der Waals surface area contributed by atoms with Crippen LogP contribution in [-0.2, 0) is 20.9 Å². The summed E-state index contributed by atoms with van der Waals surface area (Å²) in [6.45, 7) is 3.20. The second kappa shape index (κ2) is 9.45. The molecule has 0 bridgehead atoms. The fraction of sp³-hybridized carbons (Fsp3) is 0.200. The van der Waals surface area contributed by atoms with E-state index in [1.165, 1.54) is 36.3 Å². The molecule has 11 heteroatoms. The van der Waals surface area contributed by atoms with E-state index in [-0.39, 0.29) is 29.1 Å². The van der Waals surface area contributed by atoms with Crippen LogP contribution in [0.5, 0.6) is 0 Å². The van der Waals surface area contributed by atoms with Gasteiger partial charge in [0.05, 0.1) is 23.6 Å². The van der Waals surface area contributed by atoms with E-state index in [4.69, 9.17) is 4.74 Å². The van der Waals surface area contributed by atoms with Gasteiger partial charge < -0.3 is 19.7 Å². The van der Waals surface area contributed by atoms with E-state index in [1.54, 1.807) is 38.4 Å². The maximum absolute atomic E-state index is 13.3. The number of pyridine rings is 1. The second-order valence-corrected chi connectivity index (χ2v) is 8.25. The number of ether oxygens (including phenoxy) is 1. The first-order valence-electron chi connectivity index (χ1n) is 10.8. The summed E-state index contributed by atoms with van der Waals surface area (Å²) in [6, 6.07) is 7.80. The number of methoxy groups -OCH3 is 1. The van der Waals surface area contributed by atoms with Gasteiger partial charge in [0.2, 0.25) is 0 Å². The molecule has 1 aliphatic rings. The highest BCUT2D eigenvalue weighted by molar-refractivity contribution is 6.46. The number of hydrogen-bond acceptors (Lipinski definition) is 8. The molecule has 0 radical (unpaired) electrons. The Balaban J connectivity index is 1.91. The Bertz CT molecular complexity index is 1410. The summed E-state index contributed by atoms with van der Waals surface area (Å²) in [5.74, 6) is -2.88. The van der Waals surface area contributed by atoms with Crippen molar-refractivity contribution in [2.24, 2.45) is 0 Å². The molecule has 2 aromatic heterocycles. The molecule has 1 saturated heterocycles. The molecule has 1 aliphatic heterocycles. The van der Waals surface area contributed by atoms with Gasteiger partial charge >= 0.3 is 5.97 Å². The number of hydrogen-bond donors (Lipinski definition) is 2. The van der Waals surface area contributed by atoms with Crippen molar-refractivity contribution in [3.05, 3.63) is 98.1 Å². The molecule has 1 fully saturated rings. The number of aliphatic hydroxyl groups is 1. The first-order chi connectivity index (χ1) is 17.1. The molecule has 0 saturated carbocycles. The lowest BCUT2D eigenvalue weighted by Gasteiger charge is -2.25. The number of Topliss-reactive ketones (excluding diaryl/α,β-unsaturated/α-hetero) is 1. The van der Waals surface area contributed by atoms with Gasteiger partial charge in [-0.25, -0.2) is 4.79 Å². The molecule has 2 N–H and O–H groups in total. The zero-order chi connectivity index (χ0) is 26.1. The highest BCUT2D eigenvalue weighted by atomic mass is 16.6. The predicted molar refractivity (Wildman–Crippen MR) is 127 cm³/mol. The van der Waals surface area contributed by atoms with Gasteiger partial charge in [0.1, 0.15) is 11.5 Å². The standard InChI is InChI=1S/C25H22N4O7/c1-13-18(14(2)27-20(13)25(33)36-3)22(30)19-21(16-6-8-17(9-7-16)29(34)35)28(24(32)23(19)31)12-15-5-4-10-26-11-15/h4-11,21,27,30H,12H2,1-3H3. The summed E-state index contributed by atoms with van der Waals surface area (Å²) in [7, 11) is 1.22. The topological polar surface area (TPSA) is 156 Å². The number of benzene rings is 1. The number of rotatable bonds is 6. The maximum Gasteiger partial charge on any atom is 0.354 e. The van der Waals surface area contributed by atoms with Gasteiger partial charge in [0.25, 0.3) is 17.4 Å². The molecule has 3 heterocycles. The van der Waals surface area contributed by atoms with Gasteiger partial charge in [-0.2, -0.15) is 0 Å². The Labute approximate surface area is 205 Å². The minimum Gasteiger partial charge on any atom is -0.507 e. The van der Waals surface area contributed by atoms with Crippen LogP contribution in [-0.4, -0.2) is 49.7 Å². The van der Waals surface area contributed by atoms with Gasteiger partial charge in [-0.1, -0.05) is 6.07 Å². The van der Waals surface area contributed by atoms with Crippen LogP contribution in [0.4, 0.5) is 5.69 Å². The first kappa shape index (κ1) is 24.3. The smallest absolute Gasteiger partial charge is 0.354 e. The minimum absolute atomic E-state index is 0.00929. The number of aliphatic hydroxyl groups excluding tert-OH is 1. The van der Waals surface area contributed by atoms with Crippen LogP contribution in [0.3, 0.4) is 0 Å². The van der Waals surface area contributed by atoms with Gasteiger partial charge in [-0.15, -0.1) is 0 Å². The van der Waals surface area contributed by atoms with Crippen LogP contribution in [0.15, 0.2) is 54.4 Å². The molecular formula is C25H22N4O7. The lowest BCUT2D eigenvalue weighted by atomic mass is 9.94. The largest absolute Gasteiger partial charge is 0.507 e. The third-order valence-electron chi connectivity index (χ3n) is 6.10. The summed E-state index contributed by atoms with van der Waals surface area (Å²) in [6.07, 6.45) is 3.12. The summed E-state index contributed by atoms with van der Waals surface area (Å²) in [4.78, 5) is 57.3. The normalized spacial score (nSPS) is 16.9. The molecule has 1 amide bonds.